The number of anilines is 1. The number of rotatable bonds is 10. The zero-order chi connectivity index (χ0) is 24.6. The molecule has 178 valence electrons. The van der Waals surface area contributed by atoms with Crippen LogP contribution in [0.2, 0.25) is 0 Å². The van der Waals surface area contributed by atoms with E-state index >= 15 is 0 Å². The van der Waals surface area contributed by atoms with Crippen LogP contribution in [0.3, 0.4) is 0 Å². The van der Waals surface area contributed by atoms with Crippen molar-refractivity contribution in [1.82, 2.24) is 10.2 Å². The molecule has 0 aliphatic carbocycles. The van der Waals surface area contributed by atoms with Gasteiger partial charge in [-0.1, -0.05) is 78.9 Å². The summed E-state index contributed by atoms with van der Waals surface area (Å²) < 4.78 is 26.2. The monoisotopic (exact) mass is 479 g/mol. The van der Waals surface area contributed by atoms with Crippen molar-refractivity contribution in [3.05, 3.63) is 102 Å². The van der Waals surface area contributed by atoms with Crippen LogP contribution in [0.4, 0.5) is 5.69 Å². The molecule has 0 heterocycles. The van der Waals surface area contributed by atoms with Crippen LogP contribution in [-0.2, 0) is 32.6 Å². The molecular weight excluding hydrogens is 450 g/mol. The number of sulfonamides is 1. The Morgan fingerprint density at radius 1 is 0.824 bits per heavy atom. The van der Waals surface area contributed by atoms with Crippen LogP contribution in [0.5, 0.6) is 0 Å². The average Bonchev–Trinajstić information content (AvgIpc) is 2.85. The summed E-state index contributed by atoms with van der Waals surface area (Å²) in [5.41, 5.74) is 2.12. The number of likely N-dealkylation sites (N-methyl/N-ethyl adjacent to an activating group) is 1. The quantitative estimate of drug-likeness (QED) is 0.485. The third-order valence-electron chi connectivity index (χ3n) is 5.44. The van der Waals surface area contributed by atoms with Gasteiger partial charge in [0.2, 0.25) is 21.8 Å². The lowest BCUT2D eigenvalue weighted by Crippen LogP contribution is -2.52. The lowest BCUT2D eigenvalue weighted by molar-refractivity contribution is -0.139. The number of carbonyl (C=O) groups is 2. The number of para-hydroxylation sites is 1. The van der Waals surface area contributed by atoms with Crippen LogP contribution in [0.25, 0.3) is 0 Å². The molecule has 0 saturated carbocycles. The van der Waals surface area contributed by atoms with E-state index in [0.29, 0.717) is 12.1 Å². The van der Waals surface area contributed by atoms with Crippen molar-refractivity contribution in [2.24, 2.45) is 0 Å². The van der Waals surface area contributed by atoms with Crippen molar-refractivity contribution in [3.8, 4) is 0 Å². The second-order valence-corrected chi connectivity index (χ2v) is 9.84. The molecule has 0 fully saturated rings. The van der Waals surface area contributed by atoms with Crippen molar-refractivity contribution in [1.29, 1.82) is 0 Å². The molecule has 0 aliphatic rings. The van der Waals surface area contributed by atoms with Gasteiger partial charge in [0, 0.05) is 20.0 Å². The van der Waals surface area contributed by atoms with Gasteiger partial charge in [-0.3, -0.25) is 13.9 Å². The molecule has 0 spiro atoms. The fraction of sp³-hybridized carbons (Fsp3) is 0.231. The SMILES string of the molecule is CNC(=O)[C@H](Cc1ccccc1)N(Cc1ccccc1)C(=O)CN(c1ccccc1)S(C)(=O)=O. The van der Waals surface area contributed by atoms with Crippen molar-refractivity contribution in [2.75, 3.05) is 24.2 Å². The van der Waals surface area contributed by atoms with E-state index in [9.17, 15) is 18.0 Å². The summed E-state index contributed by atoms with van der Waals surface area (Å²) in [6.07, 6.45) is 1.36. The molecule has 0 radical (unpaired) electrons. The van der Waals surface area contributed by atoms with Crippen LogP contribution in [0.15, 0.2) is 91.0 Å². The predicted octanol–water partition coefficient (Wildman–Crippen LogP) is 2.84. The Kier molecular flexibility index (Phi) is 8.43. The standard InChI is InChI=1S/C26H29N3O4S/c1-27-26(31)24(18-21-12-6-3-7-13-21)28(19-22-14-8-4-9-15-22)25(30)20-29(34(2,32)33)23-16-10-5-11-17-23/h3-17,24H,18-20H2,1-2H3,(H,27,31)/t24-/m0/s1. The van der Waals surface area contributed by atoms with Gasteiger partial charge < -0.3 is 10.2 Å². The lowest BCUT2D eigenvalue weighted by atomic mass is 10.0. The molecule has 1 N–H and O–H groups in total. The van der Waals surface area contributed by atoms with E-state index in [2.05, 4.69) is 5.32 Å². The second-order valence-electron chi connectivity index (χ2n) is 7.93. The maximum atomic E-state index is 13.7. The largest absolute Gasteiger partial charge is 0.357 e. The van der Waals surface area contributed by atoms with E-state index < -0.39 is 28.5 Å². The number of nitrogens with one attached hydrogen (secondary N) is 1. The van der Waals surface area contributed by atoms with Gasteiger partial charge in [-0.25, -0.2) is 8.42 Å². The molecule has 0 aliphatic heterocycles. The van der Waals surface area contributed by atoms with E-state index in [-0.39, 0.29) is 12.5 Å². The van der Waals surface area contributed by atoms with Gasteiger partial charge in [-0.2, -0.15) is 0 Å². The zero-order valence-electron chi connectivity index (χ0n) is 19.3. The Bertz CT molecular complexity index is 1190. The smallest absolute Gasteiger partial charge is 0.244 e. The number of benzene rings is 3. The van der Waals surface area contributed by atoms with Crippen LogP contribution in [0.1, 0.15) is 11.1 Å². The summed E-state index contributed by atoms with van der Waals surface area (Å²) in [4.78, 5) is 28.1. The number of carbonyl (C=O) groups excluding carboxylic acids is 2. The molecular formula is C26H29N3O4S. The van der Waals surface area contributed by atoms with Crippen molar-refractivity contribution >= 4 is 27.5 Å². The molecule has 1 atom stereocenters. The fourth-order valence-electron chi connectivity index (χ4n) is 3.71. The van der Waals surface area contributed by atoms with E-state index in [1.807, 2.05) is 60.7 Å². The number of nitrogens with zero attached hydrogens (tertiary/aromatic N) is 2. The summed E-state index contributed by atoms with van der Waals surface area (Å²) in [5.74, 6) is -0.790. The molecule has 0 aromatic heterocycles. The number of hydrogen-bond acceptors (Lipinski definition) is 4. The third-order valence-corrected chi connectivity index (χ3v) is 6.58. The van der Waals surface area contributed by atoms with Gasteiger partial charge in [-0.05, 0) is 23.3 Å². The number of hydrogen-bond donors (Lipinski definition) is 1. The molecule has 0 saturated heterocycles. The molecule has 3 aromatic carbocycles. The third kappa shape index (κ3) is 6.68. The molecule has 34 heavy (non-hydrogen) atoms. The minimum absolute atomic E-state index is 0.164. The first kappa shape index (κ1) is 25.0. The predicted molar refractivity (Wildman–Crippen MR) is 134 cm³/mol. The first-order valence-electron chi connectivity index (χ1n) is 10.9. The summed E-state index contributed by atoms with van der Waals surface area (Å²) in [5, 5.41) is 2.66. The Labute approximate surface area is 201 Å². The van der Waals surface area contributed by atoms with E-state index in [1.54, 1.807) is 30.3 Å². The minimum Gasteiger partial charge on any atom is -0.357 e. The Morgan fingerprint density at radius 2 is 1.32 bits per heavy atom. The molecule has 0 unspecified atom stereocenters. The van der Waals surface area contributed by atoms with Crippen LogP contribution < -0.4 is 9.62 Å². The van der Waals surface area contributed by atoms with Gasteiger partial charge >= 0.3 is 0 Å². The van der Waals surface area contributed by atoms with Gasteiger partial charge in [-0.15, -0.1) is 0 Å². The highest BCUT2D eigenvalue weighted by Gasteiger charge is 2.32. The molecule has 8 heteroatoms. The van der Waals surface area contributed by atoms with E-state index in [4.69, 9.17) is 0 Å². The zero-order valence-corrected chi connectivity index (χ0v) is 20.1. The van der Waals surface area contributed by atoms with Crippen LogP contribution >= 0.6 is 0 Å². The molecule has 2 amide bonds. The highest BCUT2D eigenvalue weighted by molar-refractivity contribution is 7.92. The second kappa shape index (κ2) is 11.5. The molecule has 3 rings (SSSR count). The highest BCUT2D eigenvalue weighted by atomic mass is 32.2. The van der Waals surface area contributed by atoms with Crippen molar-refractivity contribution < 1.29 is 18.0 Å². The Morgan fingerprint density at radius 3 is 1.82 bits per heavy atom. The van der Waals surface area contributed by atoms with Gasteiger partial charge in [0.1, 0.15) is 12.6 Å². The van der Waals surface area contributed by atoms with Crippen LogP contribution in [-0.4, -0.2) is 51.0 Å². The van der Waals surface area contributed by atoms with E-state index in [0.717, 1.165) is 21.7 Å². The maximum Gasteiger partial charge on any atom is 0.244 e. The molecule has 0 bridgehead atoms. The topological polar surface area (TPSA) is 86.8 Å². The van der Waals surface area contributed by atoms with Crippen molar-refractivity contribution in [3.63, 3.8) is 0 Å². The summed E-state index contributed by atoms with van der Waals surface area (Å²) in [6.45, 7) is -0.255. The summed E-state index contributed by atoms with van der Waals surface area (Å²) in [7, 11) is -2.22. The highest BCUT2D eigenvalue weighted by Crippen LogP contribution is 2.20. The molecule has 3 aromatic rings. The van der Waals surface area contributed by atoms with Gasteiger partial charge in [0.15, 0.2) is 0 Å². The molecule has 7 nitrogen and oxygen atoms in total. The summed E-state index contributed by atoms with van der Waals surface area (Å²) in [6, 6.07) is 26.4. The maximum absolute atomic E-state index is 13.7. The first-order chi connectivity index (χ1) is 16.3. The number of amides is 2. The Balaban J connectivity index is 1.99. The van der Waals surface area contributed by atoms with Crippen molar-refractivity contribution in [2.45, 2.75) is 19.0 Å². The van der Waals surface area contributed by atoms with Crippen LogP contribution in [0, 0.1) is 0 Å². The van der Waals surface area contributed by atoms with Gasteiger partial charge in [0.05, 0.1) is 11.9 Å². The van der Waals surface area contributed by atoms with E-state index in [1.165, 1.54) is 11.9 Å². The summed E-state index contributed by atoms with van der Waals surface area (Å²) >= 11 is 0. The lowest BCUT2D eigenvalue weighted by Gasteiger charge is -2.33. The van der Waals surface area contributed by atoms with Gasteiger partial charge in [0.25, 0.3) is 0 Å². The average molecular weight is 480 g/mol. The fourth-order valence-corrected chi connectivity index (χ4v) is 4.56. The first-order valence-corrected chi connectivity index (χ1v) is 12.8. The normalized spacial score (nSPS) is 11.9. The minimum atomic E-state index is -3.74. The Hall–Kier alpha value is -3.65.